The van der Waals surface area contributed by atoms with Crippen molar-refractivity contribution in [2.24, 2.45) is 11.7 Å². The fraction of sp³-hybridized carbons (Fsp3) is 0.533. The van der Waals surface area contributed by atoms with Crippen molar-refractivity contribution in [1.82, 2.24) is 4.90 Å². The van der Waals surface area contributed by atoms with Gasteiger partial charge in [-0.1, -0.05) is 12.1 Å². The Morgan fingerprint density at radius 3 is 2.63 bits per heavy atom. The molecule has 1 aromatic rings. The zero-order valence-corrected chi connectivity index (χ0v) is 11.1. The molecule has 2 N–H and O–H groups in total. The van der Waals surface area contributed by atoms with Crippen LogP contribution in [0.15, 0.2) is 24.3 Å². The van der Waals surface area contributed by atoms with Crippen LogP contribution in [-0.2, 0) is 4.79 Å². The smallest absolute Gasteiger partial charge is 0.222 e. The third-order valence-corrected chi connectivity index (χ3v) is 4.90. The Kier molecular flexibility index (Phi) is 3.05. The zero-order chi connectivity index (χ0) is 13.6. The molecule has 1 amide bonds. The molecule has 0 radical (unpaired) electrons. The van der Waals surface area contributed by atoms with Gasteiger partial charge in [-0.2, -0.15) is 0 Å². The molecule has 0 aliphatic carbocycles. The van der Waals surface area contributed by atoms with E-state index in [1.165, 1.54) is 12.1 Å². The highest BCUT2D eigenvalue weighted by molar-refractivity contribution is 5.79. The summed E-state index contributed by atoms with van der Waals surface area (Å²) in [4.78, 5) is 14.2. The number of carbonyl (C=O) groups is 1. The minimum absolute atomic E-state index is 0.131. The van der Waals surface area contributed by atoms with Gasteiger partial charge in [0.05, 0.1) is 5.92 Å². The molecule has 3 nitrogen and oxygen atoms in total. The van der Waals surface area contributed by atoms with Crippen LogP contribution in [0.2, 0.25) is 0 Å². The number of fused-ring (bicyclic) bond motifs is 2. The van der Waals surface area contributed by atoms with Gasteiger partial charge in [-0.05, 0) is 49.9 Å². The lowest BCUT2D eigenvalue weighted by Gasteiger charge is -2.41. The number of amides is 1. The monoisotopic (exact) mass is 262 g/mol. The first-order valence-corrected chi connectivity index (χ1v) is 6.84. The first-order chi connectivity index (χ1) is 9.08. The molecule has 4 heteroatoms. The summed E-state index contributed by atoms with van der Waals surface area (Å²) in [5.74, 6) is -0.497. The van der Waals surface area contributed by atoms with Crippen molar-refractivity contribution in [1.29, 1.82) is 0 Å². The van der Waals surface area contributed by atoms with E-state index in [9.17, 15) is 9.18 Å². The van der Waals surface area contributed by atoms with Crippen LogP contribution in [0.5, 0.6) is 0 Å². The molecule has 2 bridgehead atoms. The Hall–Kier alpha value is -1.42. The van der Waals surface area contributed by atoms with Gasteiger partial charge >= 0.3 is 0 Å². The van der Waals surface area contributed by atoms with Gasteiger partial charge < -0.3 is 5.73 Å². The number of carbonyl (C=O) groups excluding carboxylic acids is 1. The summed E-state index contributed by atoms with van der Waals surface area (Å²) in [5.41, 5.74) is 6.67. The number of hydrogen-bond acceptors (Lipinski definition) is 2. The molecule has 0 saturated carbocycles. The van der Waals surface area contributed by atoms with Gasteiger partial charge in [-0.25, -0.2) is 4.39 Å². The summed E-state index contributed by atoms with van der Waals surface area (Å²) < 4.78 is 13.0. The number of rotatable bonds is 2. The van der Waals surface area contributed by atoms with Crippen LogP contribution < -0.4 is 5.73 Å². The molecule has 2 heterocycles. The van der Waals surface area contributed by atoms with E-state index in [1.54, 1.807) is 12.1 Å². The molecule has 0 spiro atoms. The van der Waals surface area contributed by atoms with E-state index in [0.29, 0.717) is 6.04 Å². The van der Waals surface area contributed by atoms with Gasteiger partial charge in [0.2, 0.25) is 5.91 Å². The summed E-state index contributed by atoms with van der Waals surface area (Å²) in [7, 11) is 2.08. The first kappa shape index (κ1) is 12.6. The van der Waals surface area contributed by atoms with E-state index in [1.807, 2.05) is 0 Å². The van der Waals surface area contributed by atoms with E-state index in [-0.39, 0.29) is 29.6 Å². The molecular weight excluding hydrogens is 243 g/mol. The minimum atomic E-state index is -0.240. The van der Waals surface area contributed by atoms with Gasteiger partial charge in [0.15, 0.2) is 0 Å². The van der Waals surface area contributed by atoms with Crippen molar-refractivity contribution in [2.45, 2.75) is 37.3 Å². The van der Waals surface area contributed by atoms with Crippen molar-refractivity contribution in [3.8, 4) is 0 Å². The van der Waals surface area contributed by atoms with Crippen molar-refractivity contribution in [3.05, 3.63) is 35.6 Å². The maximum absolute atomic E-state index is 13.0. The van der Waals surface area contributed by atoms with Gasteiger partial charge in [0, 0.05) is 12.1 Å². The number of benzene rings is 1. The highest BCUT2D eigenvalue weighted by Gasteiger charge is 2.48. The topological polar surface area (TPSA) is 46.3 Å². The molecule has 1 aromatic carbocycles. The van der Waals surface area contributed by atoms with E-state index in [0.717, 1.165) is 24.8 Å². The number of hydrogen-bond donors (Lipinski definition) is 1. The lowest BCUT2D eigenvalue weighted by Crippen LogP contribution is -2.50. The van der Waals surface area contributed by atoms with Crippen molar-refractivity contribution < 1.29 is 9.18 Å². The largest absolute Gasteiger partial charge is 0.369 e. The average Bonchev–Trinajstić information content (AvgIpc) is 2.63. The standard InChI is InChI=1S/C15H19FN2O/c1-18-11-6-7-13(18)14(15(17)19)12(8-11)9-2-4-10(16)5-3-9/h2-5,11-14H,6-8H2,1H3,(H2,17,19)/t11?,12-,13-,14-/m1/s1. The van der Waals surface area contributed by atoms with Crippen LogP contribution in [-0.4, -0.2) is 29.9 Å². The van der Waals surface area contributed by atoms with E-state index in [4.69, 9.17) is 5.73 Å². The number of primary amides is 1. The summed E-state index contributed by atoms with van der Waals surface area (Å²) in [6, 6.07) is 7.28. The number of piperidine rings is 1. The fourth-order valence-corrected chi connectivity index (χ4v) is 3.91. The highest BCUT2D eigenvalue weighted by Crippen LogP contribution is 2.45. The first-order valence-electron chi connectivity index (χ1n) is 6.84. The lowest BCUT2D eigenvalue weighted by atomic mass is 9.76. The predicted octanol–water partition coefficient (Wildman–Crippen LogP) is 1.88. The fourth-order valence-electron chi connectivity index (χ4n) is 3.91. The molecule has 4 atom stereocenters. The summed E-state index contributed by atoms with van der Waals surface area (Å²) in [6.45, 7) is 0. The maximum atomic E-state index is 13.0. The molecular formula is C15H19FN2O. The minimum Gasteiger partial charge on any atom is -0.369 e. The molecule has 102 valence electrons. The van der Waals surface area contributed by atoms with Crippen LogP contribution in [0.25, 0.3) is 0 Å². The Bertz CT molecular complexity index is 487. The molecule has 2 aliphatic rings. The molecule has 2 saturated heterocycles. The van der Waals surface area contributed by atoms with E-state index in [2.05, 4.69) is 11.9 Å². The Morgan fingerprint density at radius 1 is 1.32 bits per heavy atom. The average molecular weight is 262 g/mol. The Balaban J connectivity index is 1.95. The van der Waals surface area contributed by atoms with Crippen LogP contribution in [0.3, 0.4) is 0 Å². The molecule has 19 heavy (non-hydrogen) atoms. The van der Waals surface area contributed by atoms with Crippen LogP contribution in [0.1, 0.15) is 30.7 Å². The lowest BCUT2D eigenvalue weighted by molar-refractivity contribution is -0.126. The van der Waals surface area contributed by atoms with E-state index >= 15 is 0 Å². The van der Waals surface area contributed by atoms with Crippen molar-refractivity contribution >= 4 is 5.91 Å². The second-order valence-corrected chi connectivity index (χ2v) is 5.79. The summed E-state index contributed by atoms with van der Waals surface area (Å²) in [5, 5.41) is 0. The van der Waals surface area contributed by atoms with Crippen LogP contribution >= 0.6 is 0 Å². The number of halogens is 1. The molecule has 2 fully saturated rings. The molecule has 1 unspecified atom stereocenters. The zero-order valence-electron chi connectivity index (χ0n) is 11.1. The SMILES string of the molecule is CN1C2CC[C@@H]1[C@H](C(N)=O)[C@@H](c1ccc(F)cc1)C2. The highest BCUT2D eigenvalue weighted by atomic mass is 19.1. The van der Waals surface area contributed by atoms with Gasteiger partial charge in [-0.3, -0.25) is 9.69 Å². The quantitative estimate of drug-likeness (QED) is 0.884. The Morgan fingerprint density at radius 2 is 2.00 bits per heavy atom. The number of nitrogens with two attached hydrogens (primary N) is 1. The van der Waals surface area contributed by atoms with Crippen molar-refractivity contribution in [2.75, 3.05) is 7.05 Å². The normalized spacial score (nSPS) is 34.4. The molecule has 0 aromatic heterocycles. The van der Waals surface area contributed by atoms with Crippen LogP contribution in [0.4, 0.5) is 4.39 Å². The third-order valence-electron chi connectivity index (χ3n) is 4.90. The maximum Gasteiger partial charge on any atom is 0.222 e. The van der Waals surface area contributed by atoms with Gasteiger partial charge in [0.1, 0.15) is 5.82 Å². The van der Waals surface area contributed by atoms with Gasteiger partial charge in [-0.15, -0.1) is 0 Å². The second-order valence-electron chi connectivity index (χ2n) is 5.79. The summed E-state index contributed by atoms with van der Waals surface area (Å²) >= 11 is 0. The molecule has 3 rings (SSSR count). The third kappa shape index (κ3) is 2.04. The summed E-state index contributed by atoms with van der Waals surface area (Å²) in [6.07, 6.45) is 3.10. The van der Waals surface area contributed by atoms with Gasteiger partial charge in [0.25, 0.3) is 0 Å². The van der Waals surface area contributed by atoms with Crippen molar-refractivity contribution in [3.63, 3.8) is 0 Å². The van der Waals surface area contributed by atoms with Crippen LogP contribution in [0, 0.1) is 11.7 Å². The number of nitrogens with zero attached hydrogens (tertiary/aromatic N) is 1. The second kappa shape index (κ2) is 4.60. The van der Waals surface area contributed by atoms with E-state index < -0.39 is 0 Å². The molecule has 2 aliphatic heterocycles. The Labute approximate surface area is 112 Å². The predicted molar refractivity (Wildman–Crippen MR) is 71.0 cm³/mol.